The maximum Gasteiger partial charge on any atom is 0.157 e. The Morgan fingerprint density at radius 3 is 2.92 bits per heavy atom. The molecule has 1 aromatic heterocycles. The van der Waals surface area contributed by atoms with Gasteiger partial charge in [-0.1, -0.05) is 29.3 Å². The summed E-state index contributed by atoms with van der Waals surface area (Å²) in [5.74, 6) is 0. The molecular formula is C16H19Cl2N3O3. The predicted molar refractivity (Wildman–Crippen MR) is 89.9 cm³/mol. The Kier molecular flexibility index (Phi) is 5.73. The lowest BCUT2D eigenvalue weighted by atomic mass is 9.94. The van der Waals surface area contributed by atoms with Gasteiger partial charge in [0.25, 0.3) is 0 Å². The summed E-state index contributed by atoms with van der Waals surface area (Å²) in [6.45, 7) is 0.855. The van der Waals surface area contributed by atoms with Crippen molar-refractivity contribution in [3.8, 4) is 0 Å². The highest BCUT2D eigenvalue weighted by molar-refractivity contribution is 6.35. The summed E-state index contributed by atoms with van der Waals surface area (Å²) < 4.78 is 12.9. The molecule has 1 saturated heterocycles. The number of hydrogen-bond acceptors (Lipinski definition) is 5. The van der Waals surface area contributed by atoms with Crippen LogP contribution in [-0.2, 0) is 21.6 Å². The van der Waals surface area contributed by atoms with Crippen LogP contribution in [0.3, 0.4) is 0 Å². The Morgan fingerprint density at radius 1 is 1.38 bits per heavy atom. The number of halogens is 2. The van der Waals surface area contributed by atoms with Crippen molar-refractivity contribution in [1.82, 2.24) is 14.8 Å². The molecule has 1 N–H and O–H groups in total. The van der Waals surface area contributed by atoms with Gasteiger partial charge in [-0.2, -0.15) is 5.10 Å². The number of aromatic nitrogens is 3. The van der Waals surface area contributed by atoms with E-state index < -0.39 is 5.60 Å². The Hall–Kier alpha value is -1.18. The molecule has 0 radical (unpaired) electrons. The Bertz CT molecular complexity index is 663. The van der Waals surface area contributed by atoms with E-state index in [1.54, 1.807) is 18.2 Å². The molecular weight excluding hydrogens is 353 g/mol. The fraction of sp³-hybridized carbons (Fsp3) is 0.500. The van der Waals surface area contributed by atoms with Gasteiger partial charge in [-0.15, -0.1) is 0 Å². The van der Waals surface area contributed by atoms with Crippen molar-refractivity contribution in [2.24, 2.45) is 0 Å². The normalized spacial score (nSPS) is 20.7. The van der Waals surface area contributed by atoms with Crippen LogP contribution in [0.15, 0.2) is 30.9 Å². The van der Waals surface area contributed by atoms with Crippen LogP contribution in [0.25, 0.3) is 0 Å². The first-order chi connectivity index (χ1) is 11.6. The third kappa shape index (κ3) is 4.26. The SMILES string of the molecule is OC(COC1CCCCO1)(Cn1cncn1)c1ccc(Cl)cc1Cl. The van der Waals surface area contributed by atoms with Gasteiger partial charge in [0, 0.05) is 22.2 Å². The maximum absolute atomic E-state index is 11.3. The minimum atomic E-state index is -1.38. The highest BCUT2D eigenvalue weighted by Crippen LogP contribution is 2.33. The Morgan fingerprint density at radius 2 is 2.25 bits per heavy atom. The standard InChI is InChI=1S/C16H19Cl2N3O3/c17-12-4-5-13(14(18)7-12)16(22,8-21-11-19-10-20-21)9-24-15-3-1-2-6-23-15/h4-5,7,10-11,15,22H,1-3,6,8-9H2. The van der Waals surface area contributed by atoms with E-state index in [0.29, 0.717) is 22.2 Å². The van der Waals surface area contributed by atoms with E-state index in [1.807, 2.05) is 0 Å². The number of ether oxygens (including phenoxy) is 2. The van der Waals surface area contributed by atoms with Crippen molar-refractivity contribution >= 4 is 23.2 Å². The molecule has 1 aromatic carbocycles. The van der Waals surface area contributed by atoms with Gasteiger partial charge in [0.1, 0.15) is 18.3 Å². The molecule has 0 saturated carbocycles. The van der Waals surface area contributed by atoms with Gasteiger partial charge in [-0.05, 0) is 31.4 Å². The van der Waals surface area contributed by atoms with Crippen molar-refractivity contribution in [3.05, 3.63) is 46.5 Å². The van der Waals surface area contributed by atoms with Gasteiger partial charge in [0.05, 0.1) is 13.2 Å². The average Bonchev–Trinajstić information content (AvgIpc) is 3.06. The largest absolute Gasteiger partial charge is 0.381 e. The summed E-state index contributed by atoms with van der Waals surface area (Å²) in [4.78, 5) is 3.91. The molecule has 1 aliphatic rings. The van der Waals surface area contributed by atoms with Gasteiger partial charge in [0.2, 0.25) is 0 Å². The molecule has 2 unspecified atom stereocenters. The minimum Gasteiger partial charge on any atom is -0.381 e. The van der Waals surface area contributed by atoms with E-state index in [1.165, 1.54) is 17.3 Å². The molecule has 6 nitrogen and oxygen atoms in total. The Balaban J connectivity index is 1.82. The summed E-state index contributed by atoms with van der Waals surface area (Å²) >= 11 is 12.3. The molecule has 2 aromatic rings. The van der Waals surface area contributed by atoms with Crippen LogP contribution in [-0.4, -0.2) is 39.4 Å². The van der Waals surface area contributed by atoms with E-state index in [0.717, 1.165) is 19.3 Å². The van der Waals surface area contributed by atoms with Crippen molar-refractivity contribution in [3.63, 3.8) is 0 Å². The highest BCUT2D eigenvalue weighted by Gasteiger charge is 2.34. The predicted octanol–water partition coefficient (Wildman–Crippen LogP) is 3.02. The van der Waals surface area contributed by atoms with E-state index in [2.05, 4.69) is 10.1 Å². The number of aliphatic hydroxyl groups is 1. The number of rotatable bonds is 6. The van der Waals surface area contributed by atoms with Crippen molar-refractivity contribution in [2.75, 3.05) is 13.2 Å². The van der Waals surface area contributed by atoms with Crippen LogP contribution in [0.5, 0.6) is 0 Å². The summed E-state index contributed by atoms with van der Waals surface area (Å²) in [6.07, 6.45) is 5.53. The van der Waals surface area contributed by atoms with Crippen LogP contribution >= 0.6 is 23.2 Å². The molecule has 0 amide bonds. The monoisotopic (exact) mass is 371 g/mol. The third-order valence-corrected chi connectivity index (χ3v) is 4.52. The second kappa shape index (κ2) is 7.80. The third-order valence-electron chi connectivity index (χ3n) is 3.97. The number of hydrogen-bond donors (Lipinski definition) is 1. The van der Waals surface area contributed by atoms with Crippen molar-refractivity contribution in [2.45, 2.75) is 37.7 Å². The Labute approximate surface area is 150 Å². The van der Waals surface area contributed by atoms with Crippen LogP contribution < -0.4 is 0 Å². The summed E-state index contributed by atoms with van der Waals surface area (Å²) in [7, 11) is 0. The topological polar surface area (TPSA) is 69.4 Å². The van der Waals surface area contributed by atoms with Gasteiger partial charge in [-0.3, -0.25) is 0 Å². The first-order valence-corrected chi connectivity index (χ1v) is 8.56. The lowest BCUT2D eigenvalue weighted by molar-refractivity contribution is -0.196. The molecule has 1 fully saturated rings. The molecule has 0 bridgehead atoms. The van der Waals surface area contributed by atoms with E-state index >= 15 is 0 Å². The second-order valence-electron chi connectivity index (χ2n) is 5.86. The highest BCUT2D eigenvalue weighted by atomic mass is 35.5. The zero-order chi connectivity index (χ0) is 17.0. The van der Waals surface area contributed by atoms with Crippen molar-refractivity contribution in [1.29, 1.82) is 0 Å². The lowest BCUT2D eigenvalue weighted by Crippen LogP contribution is -2.39. The quantitative estimate of drug-likeness (QED) is 0.844. The molecule has 3 rings (SSSR count). The van der Waals surface area contributed by atoms with E-state index in [9.17, 15) is 5.11 Å². The van der Waals surface area contributed by atoms with E-state index in [-0.39, 0.29) is 19.4 Å². The fourth-order valence-corrected chi connectivity index (χ4v) is 3.32. The number of benzene rings is 1. The smallest absolute Gasteiger partial charge is 0.157 e. The minimum absolute atomic E-state index is 0.0267. The molecule has 0 aliphatic carbocycles. The van der Waals surface area contributed by atoms with Gasteiger partial charge >= 0.3 is 0 Å². The lowest BCUT2D eigenvalue weighted by Gasteiger charge is -2.32. The summed E-state index contributed by atoms with van der Waals surface area (Å²) in [5.41, 5.74) is -0.851. The summed E-state index contributed by atoms with van der Waals surface area (Å²) in [5, 5.41) is 16.2. The first kappa shape index (κ1) is 17.6. The zero-order valence-electron chi connectivity index (χ0n) is 13.1. The molecule has 0 spiro atoms. The average molecular weight is 372 g/mol. The molecule has 24 heavy (non-hydrogen) atoms. The summed E-state index contributed by atoms with van der Waals surface area (Å²) in [6, 6.07) is 4.99. The second-order valence-corrected chi connectivity index (χ2v) is 6.70. The maximum atomic E-state index is 11.3. The molecule has 130 valence electrons. The van der Waals surface area contributed by atoms with Crippen LogP contribution in [0, 0.1) is 0 Å². The van der Waals surface area contributed by atoms with Crippen LogP contribution in [0.1, 0.15) is 24.8 Å². The molecule has 8 heteroatoms. The molecule has 2 atom stereocenters. The van der Waals surface area contributed by atoms with Gasteiger partial charge in [0.15, 0.2) is 6.29 Å². The van der Waals surface area contributed by atoms with Crippen LogP contribution in [0.2, 0.25) is 10.0 Å². The van der Waals surface area contributed by atoms with Crippen molar-refractivity contribution < 1.29 is 14.6 Å². The molecule has 2 heterocycles. The molecule has 1 aliphatic heterocycles. The number of nitrogens with zero attached hydrogens (tertiary/aromatic N) is 3. The van der Waals surface area contributed by atoms with E-state index in [4.69, 9.17) is 32.7 Å². The van der Waals surface area contributed by atoms with Gasteiger partial charge < -0.3 is 14.6 Å². The van der Waals surface area contributed by atoms with Crippen LogP contribution in [0.4, 0.5) is 0 Å². The fourth-order valence-electron chi connectivity index (χ4n) is 2.73. The van der Waals surface area contributed by atoms with Gasteiger partial charge in [-0.25, -0.2) is 9.67 Å². The zero-order valence-corrected chi connectivity index (χ0v) is 14.6. The first-order valence-electron chi connectivity index (χ1n) is 7.80.